The lowest BCUT2D eigenvalue weighted by molar-refractivity contribution is 0.880. The van der Waals surface area contributed by atoms with Crippen molar-refractivity contribution in [3.05, 3.63) is 46.2 Å². The predicted octanol–water partition coefficient (Wildman–Crippen LogP) is 3.92. The zero-order valence-electron chi connectivity index (χ0n) is 7.62. The number of halogens is 3. The molecule has 2 aromatic rings. The van der Waals surface area contributed by atoms with Gasteiger partial charge in [-0.15, -0.1) is 11.6 Å². The molecule has 0 fully saturated rings. The first kappa shape index (κ1) is 10.8. The van der Waals surface area contributed by atoms with Crippen LogP contribution in [0.25, 0.3) is 5.69 Å². The van der Waals surface area contributed by atoms with Crippen molar-refractivity contribution in [3.63, 3.8) is 0 Å². The zero-order valence-corrected chi connectivity index (χ0v) is 9.89. The van der Waals surface area contributed by atoms with E-state index in [1.54, 1.807) is 17.1 Å². The number of hydrogen-bond acceptors (Lipinski definition) is 1. The fourth-order valence-corrected chi connectivity index (χ4v) is 1.84. The molecule has 0 aliphatic rings. The number of alkyl halides is 1. The summed E-state index contributed by atoms with van der Waals surface area (Å²) in [6.45, 7) is 0. The van der Waals surface area contributed by atoms with Crippen molar-refractivity contribution < 1.29 is 0 Å². The van der Waals surface area contributed by atoms with Crippen molar-refractivity contribution in [1.29, 1.82) is 0 Å². The van der Waals surface area contributed by atoms with E-state index in [0.717, 1.165) is 11.3 Å². The van der Waals surface area contributed by atoms with Crippen LogP contribution >= 0.6 is 34.8 Å². The number of rotatable bonds is 2. The molecule has 0 N–H and O–H groups in total. The molecule has 0 bridgehead atoms. The number of hydrogen-bond donors (Lipinski definition) is 0. The van der Waals surface area contributed by atoms with Gasteiger partial charge in [0.15, 0.2) is 0 Å². The zero-order chi connectivity index (χ0) is 10.8. The van der Waals surface area contributed by atoms with Gasteiger partial charge in [-0.2, -0.15) is 5.10 Å². The molecule has 78 valence electrons. The van der Waals surface area contributed by atoms with E-state index in [2.05, 4.69) is 5.10 Å². The van der Waals surface area contributed by atoms with Crippen molar-refractivity contribution in [2.75, 3.05) is 0 Å². The quantitative estimate of drug-likeness (QED) is 0.749. The molecule has 1 heterocycles. The molecule has 0 unspecified atom stereocenters. The Morgan fingerprint density at radius 3 is 2.60 bits per heavy atom. The number of aromatic nitrogens is 2. The Labute approximate surface area is 102 Å². The molecule has 0 aliphatic heterocycles. The minimum atomic E-state index is 0.444. The third-order valence-corrected chi connectivity index (χ3v) is 2.77. The van der Waals surface area contributed by atoms with Crippen LogP contribution in [0, 0.1) is 0 Å². The van der Waals surface area contributed by atoms with Crippen LogP contribution in [0.1, 0.15) is 5.56 Å². The molecule has 1 aromatic carbocycles. The maximum Gasteiger partial charge on any atom is 0.0832 e. The molecule has 0 spiro atoms. The second kappa shape index (κ2) is 4.44. The monoisotopic (exact) mass is 260 g/mol. The molecule has 2 rings (SSSR count). The smallest absolute Gasteiger partial charge is 0.0832 e. The largest absolute Gasteiger partial charge is 0.238 e. The summed E-state index contributed by atoms with van der Waals surface area (Å²) >= 11 is 17.6. The summed E-state index contributed by atoms with van der Waals surface area (Å²) in [4.78, 5) is 0. The lowest BCUT2D eigenvalue weighted by atomic mass is 10.2. The minimum absolute atomic E-state index is 0.444. The van der Waals surface area contributed by atoms with Gasteiger partial charge in [-0.1, -0.05) is 29.3 Å². The molecule has 0 saturated carbocycles. The van der Waals surface area contributed by atoms with E-state index in [9.17, 15) is 0 Å². The molecular weight excluding hydrogens is 254 g/mol. The Morgan fingerprint density at radius 1 is 1.27 bits per heavy atom. The molecule has 0 atom stereocenters. The lowest BCUT2D eigenvalue weighted by Gasteiger charge is -2.05. The van der Waals surface area contributed by atoms with E-state index in [1.807, 2.05) is 18.2 Å². The van der Waals surface area contributed by atoms with Crippen molar-refractivity contribution in [1.82, 2.24) is 9.78 Å². The van der Waals surface area contributed by atoms with E-state index in [4.69, 9.17) is 34.8 Å². The average Bonchev–Trinajstić information content (AvgIpc) is 2.64. The second-order valence-electron chi connectivity index (χ2n) is 3.02. The minimum Gasteiger partial charge on any atom is -0.238 e. The van der Waals surface area contributed by atoms with Gasteiger partial charge in [-0.25, -0.2) is 4.68 Å². The molecule has 0 saturated heterocycles. The van der Waals surface area contributed by atoms with Crippen LogP contribution in [0.5, 0.6) is 0 Å². The standard InChI is InChI=1S/C10H7Cl3N2/c11-4-7-1-2-10(9(13)3-7)15-6-8(12)5-14-15/h1-3,5-6H,4H2. The summed E-state index contributed by atoms with van der Waals surface area (Å²) in [5.41, 5.74) is 1.76. The van der Waals surface area contributed by atoms with Gasteiger partial charge in [-0.05, 0) is 17.7 Å². The number of benzene rings is 1. The SMILES string of the molecule is ClCc1ccc(-n2cc(Cl)cn2)c(Cl)c1. The normalized spacial score (nSPS) is 10.6. The highest BCUT2D eigenvalue weighted by Crippen LogP contribution is 2.23. The predicted molar refractivity (Wildman–Crippen MR) is 63.1 cm³/mol. The Hall–Kier alpha value is -0.700. The van der Waals surface area contributed by atoms with Gasteiger partial charge < -0.3 is 0 Å². The first-order chi connectivity index (χ1) is 7.20. The van der Waals surface area contributed by atoms with Crippen LogP contribution in [0.3, 0.4) is 0 Å². The summed E-state index contributed by atoms with van der Waals surface area (Å²) in [6, 6.07) is 5.59. The third kappa shape index (κ3) is 2.28. The van der Waals surface area contributed by atoms with Crippen LogP contribution < -0.4 is 0 Å². The van der Waals surface area contributed by atoms with Crippen molar-refractivity contribution in [3.8, 4) is 5.69 Å². The Bertz CT molecular complexity index is 479. The lowest BCUT2D eigenvalue weighted by Crippen LogP contribution is -1.95. The van der Waals surface area contributed by atoms with Gasteiger partial charge in [0.1, 0.15) is 0 Å². The molecule has 0 radical (unpaired) electrons. The van der Waals surface area contributed by atoms with Gasteiger partial charge in [-0.3, -0.25) is 0 Å². The molecule has 0 amide bonds. The summed E-state index contributed by atoms with van der Waals surface area (Å²) in [5, 5.41) is 5.25. The van der Waals surface area contributed by atoms with Gasteiger partial charge in [0.2, 0.25) is 0 Å². The highest BCUT2D eigenvalue weighted by atomic mass is 35.5. The molecule has 2 nitrogen and oxygen atoms in total. The molecular formula is C10H7Cl3N2. The van der Waals surface area contributed by atoms with Crippen LogP contribution in [0.2, 0.25) is 10.0 Å². The fourth-order valence-electron chi connectivity index (χ4n) is 1.25. The van der Waals surface area contributed by atoms with Crippen molar-refractivity contribution >= 4 is 34.8 Å². The van der Waals surface area contributed by atoms with Crippen LogP contribution in [0.4, 0.5) is 0 Å². The van der Waals surface area contributed by atoms with Gasteiger partial charge >= 0.3 is 0 Å². The van der Waals surface area contributed by atoms with E-state index in [-0.39, 0.29) is 0 Å². The molecule has 5 heteroatoms. The summed E-state index contributed by atoms with van der Waals surface area (Å²) < 4.78 is 1.63. The van der Waals surface area contributed by atoms with E-state index >= 15 is 0 Å². The fraction of sp³-hybridized carbons (Fsp3) is 0.100. The van der Waals surface area contributed by atoms with E-state index < -0.39 is 0 Å². The van der Waals surface area contributed by atoms with Crippen LogP contribution in [-0.4, -0.2) is 9.78 Å². The summed E-state index contributed by atoms with van der Waals surface area (Å²) in [6.07, 6.45) is 3.26. The maximum absolute atomic E-state index is 6.09. The highest BCUT2D eigenvalue weighted by Gasteiger charge is 2.05. The average molecular weight is 262 g/mol. The number of nitrogens with zero attached hydrogens (tertiary/aromatic N) is 2. The Balaban J connectivity index is 2.45. The van der Waals surface area contributed by atoms with E-state index in [0.29, 0.717) is 15.9 Å². The van der Waals surface area contributed by atoms with Gasteiger partial charge in [0.05, 0.1) is 21.9 Å². The Kier molecular flexibility index (Phi) is 3.19. The first-order valence-electron chi connectivity index (χ1n) is 4.25. The summed E-state index contributed by atoms with van der Waals surface area (Å²) in [7, 11) is 0. The maximum atomic E-state index is 6.09. The Morgan fingerprint density at radius 2 is 2.07 bits per heavy atom. The van der Waals surface area contributed by atoms with Gasteiger partial charge in [0.25, 0.3) is 0 Å². The van der Waals surface area contributed by atoms with Gasteiger partial charge in [0, 0.05) is 12.1 Å². The highest BCUT2D eigenvalue weighted by molar-refractivity contribution is 6.32. The van der Waals surface area contributed by atoms with Crippen LogP contribution in [0.15, 0.2) is 30.6 Å². The molecule has 15 heavy (non-hydrogen) atoms. The summed E-state index contributed by atoms with van der Waals surface area (Å²) in [5.74, 6) is 0.444. The van der Waals surface area contributed by atoms with Crippen molar-refractivity contribution in [2.45, 2.75) is 5.88 Å². The third-order valence-electron chi connectivity index (χ3n) is 1.96. The topological polar surface area (TPSA) is 17.8 Å². The van der Waals surface area contributed by atoms with Crippen LogP contribution in [-0.2, 0) is 5.88 Å². The van der Waals surface area contributed by atoms with E-state index in [1.165, 1.54) is 0 Å². The molecule has 0 aliphatic carbocycles. The molecule has 1 aromatic heterocycles. The van der Waals surface area contributed by atoms with Crippen molar-refractivity contribution in [2.24, 2.45) is 0 Å². The second-order valence-corrected chi connectivity index (χ2v) is 4.13. The first-order valence-corrected chi connectivity index (χ1v) is 5.54.